The Hall–Kier alpha value is -2.09. The first-order chi connectivity index (χ1) is 9.74. The third-order valence-corrected chi connectivity index (χ3v) is 4.13. The second-order valence-corrected chi connectivity index (χ2v) is 5.54. The number of aromatic nitrogens is 6. The smallest absolute Gasteiger partial charge is 0.268 e. The van der Waals surface area contributed by atoms with Gasteiger partial charge in [0, 0.05) is 11.3 Å². The van der Waals surface area contributed by atoms with Crippen molar-refractivity contribution in [3.05, 3.63) is 27.1 Å². The second-order valence-electron chi connectivity index (χ2n) is 4.43. The highest BCUT2D eigenvalue weighted by Crippen LogP contribution is 2.23. The SMILES string of the molecule is CCCc1cc2c(=O)n(-c3nnn[nH]3)c(CC)nc2s1. The molecule has 0 unspecified atom stereocenters. The van der Waals surface area contributed by atoms with E-state index in [1.165, 1.54) is 9.44 Å². The molecule has 0 aromatic carbocycles. The molecule has 0 fully saturated rings. The zero-order valence-corrected chi connectivity index (χ0v) is 12.1. The Morgan fingerprint density at radius 2 is 2.25 bits per heavy atom. The number of rotatable bonds is 4. The molecule has 20 heavy (non-hydrogen) atoms. The van der Waals surface area contributed by atoms with E-state index in [9.17, 15) is 4.79 Å². The summed E-state index contributed by atoms with van der Waals surface area (Å²) in [5.41, 5.74) is -0.121. The molecule has 0 aliphatic rings. The monoisotopic (exact) mass is 290 g/mol. The van der Waals surface area contributed by atoms with Crippen molar-refractivity contribution in [1.82, 2.24) is 30.2 Å². The highest BCUT2D eigenvalue weighted by atomic mass is 32.1. The number of tetrazole rings is 1. The average molecular weight is 290 g/mol. The minimum atomic E-state index is -0.121. The highest BCUT2D eigenvalue weighted by Gasteiger charge is 2.16. The molecule has 104 valence electrons. The van der Waals surface area contributed by atoms with Crippen LogP contribution in [-0.2, 0) is 12.8 Å². The van der Waals surface area contributed by atoms with Crippen molar-refractivity contribution < 1.29 is 0 Å². The van der Waals surface area contributed by atoms with Gasteiger partial charge in [0.15, 0.2) is 0 Å². The Labute approximate surface area is 118 Å². The van der Waals surface area contributed by atoms with Crippen molar-refractivity contribution >= 4 is 21.6 Å². The molecule has 0 bridgehead atoms. The number of hydrogen-bond acceptors (Lipinski definition) is 6. The first-order valence-electron chi connectivity index (χ1n) is 6.53. The van der Waals surface area contributed by atoms with Crippen LogP contribution in [0.3, 0.4) is 0 Å². The van der Waals surface area contributed by atoms with Gasteiger partial charge in [-0.1, -0.05) is 25.4 Å². The highest BCUT2D eigenvalue weighted by molar-refractivity contribution is 7.18. The molecule has 3 heterocycles. The number of aromatic amines is 1. The van der Waals surface area contributed by atoms with E-state index in [0.717, 1.165) is 17.7 Å². The van der Waals surface area contributed by atoms with Crippen molar-refractivity contribution in [2.45, 2.75) is 33.1 Å². The molecule has 0 radical (unpaired) electrons. The number of nitrogens with one attached hydrogen (secondary N) is 1. The van der Waals surface area contributed by atoms with Gasteiger partial charge in [0.1, 0.15) is 10.7 Å². The fourth-order valence-corrected chi connectivity index (χ4v) is 3.29. The van der Waals surface area contributed by atoms with E-state index in [-0.39, 0.29) is 5.56 Å². The summed E-state index contributed by atoms with van der Waals surface area (Å²) in [5, 5.41) is 14.1. The van der Waals surface area contributed by atoms with E-state index in [4.69, 9.17) is 0 Å². The number of thiophene rings is 1. The largest absolute Gasteiger partial charge is 0.269 e. The van der Waals surface area contributed by atoms with Gasteiger partial charge in [-0.3, -0.25) is 4.79 Å². The first-order valence-corrected chi connectivity index (χ1v) is 7.34. The standard InChI is InChI=1S/C12H14N6OS/c1-3-5-7-6-8-10(20-7)13-9(4-2)18(11(8)19)12-14-16-17-15-12/h6H,3-5H2,1-2H3,(H,14,15,16,17). The molecule has 3 aromatic heterocycles. The minimum absolute atomic E-state index is 0.121. The lowest BCUT2D eigenvalue weighted by Gasteiger charge is -2.06. The van der Waals surface area contributed by atoms with Crippen LogP contribution in [0.4, 0.5) is 0 Å². The van der Waals surface area contributed by atoms with Gasteiger partial charge in [-0.2, -0.15) is 0 Å². The zero-order chi connectivity index (χ0) is 14.1. The van der Waals surface area contributed by atoms with E-state index >= 15 is 0 Å². The molecule has 0 aliphatic heterocycles. The molecular formula is C12H14N6OS. The minimum Gasteiger partial charge on any atom is -0.268 e. The molecule has 0 saturated heterocycles. The topological polar surface area (TPSA) is 89.4 Å². The van der Waals surface area contributed by atoms with Gasteiger partial charge in [-0.05, 0) is 22.9 Å². The van der Waals surface area contributed by atoms with Crippen LogP contribution < -0.4 is 5.56 Å². The van der Waals surface area contributed by atoms with Crippen LogP contribution >= 0.6 is 11.3 Å². The molecule has 7 nitrogen and oxygen atoms in total. The fraction of sp³-hybridized carbons (Fsp3) is 0.417. The van der Waals surface area contributed by atoms with Crippen LogP contribution in [0.1, 0.15) is 31.0 Å². The van der Waals surface area contributed by atoms with Gasteiger partial charge >= 0.3 is 0 Å². The molecule has 0 atom stereocenters. The molecule has 0 saturated carbocycles. The summed E-state index contributed by atoms with van der Waals surface area (Å²) in [6.07, 6.45) is 2.65. The number of fused-ring (bicyclic) bond motifs is 1. The predicted octanol–water partition coefficient (Wildman–Crippen LogP) is 1.48. The Bertz CT molecular complexity index is 788. The van der Waals surface area contributed by atoms with Crippen molar-refractivity contribution in [3.8, 4) is 5.95 Å². The summed E-state index contributed by atoms with van der Waals surface area (Å²) in [7, 11) is 0. The van der Waals surface area contributed by atoms with Gasteiger partial charge in [0.2, 0.25) is 0 Å². The Morgan fingerprint density at radius 1 is 1.40 bits per heavy atom. The maximum Gasteiger partial charge on any atom is 0.269 e. The molecule has 3 rings (SSSR count). The Morgan fingerprint density at radius 3 is 2.90 bits per heavy atom. The van der Waals surface area contributed by atoms with Gasteiger partial charge in [-0.15, -0.1) is 11.3 Å². The van der Waals surface area contributed by atoms with Gasteiger partial charge in [-0.25, -0.2) is 14.6 Å². The van der Waals surface area contributed by atoms with Crippen LogP contribution in [0.15, 0.2) is 10.9 Å². The lowest BCUT2D eigenvalue weighted by molar-refractivity contribution is 0.790. The van der Waals surface area contributed by atoms with E-state index in [1.54, 1.807) is 11.3 Å². The quantitative estimate of drug-likeness (QED) is 0.786. The Kier molecular flexibility index (Phi) is 3.31. The van der Waals surface area contributed by atoms with Crippen molar-refractivity contribution in [2.24, 2.45) is 0 Å². The maximum atomic E-state index is 12.6. The number of H-pyrrole nitrogens is 1. The van der Waals surface area contributed by atoms with E-state index in [2.05, 4.69) is 32.5 Å². The lowest BCUT2D eigenvalue weighted by Crippen LogP contribution is -2.24. The molecule has 1 N–H and O–H groups in total. The zero-order valence-electron chi connectivity index (χ0n) is 11.3. The summed E-state index contributed by atoms with van der Waals surface area (Å²) in [6.45, 7) is 4.07. The van der Waals surface area contributed by atoms with E-state index < -0.39 is 0 Å². The van der Waals surface area contributed by atoms with Crippen molar-refractivity contribution in [2.75, 3.05) is 0 Å². The number of aryl methyl sites for hydroxylation is 2. The lowest BCUT2D eigenvalue weighted by atomic mass is 10.2. The Balaban J connectivity index is 2.29. The molecule has 0 spiro atoms. The number of nitrogens with zero attached hydrogens (tertiary/aromatic N) is 5. The van der Waals surface area contributed by atoms with E-state index in [0.29, 0.717) is 23.6 Å². The predicted molar refractivity (Wildman–Crippen MR) is 76.3 cm³/mol. The summed E-state index contributed by atoms with van der Waals surface area (Å²) in [5.74, 6) is 0.968. The van der Waals surface area contributed by atoms with Crippen molar-refractivity contribution in [1.29, 1.82) is 0 Å². The molecule has 0 aliphatic carbocycles. The van der Waals surface area contributed by atoms with E-state index in [1.807, 2.05) is 13.0 Å². The molecular weight excluding hydrogens is 276 g/mol. The fourth-order valence-electron chi connectivity index (χ4n) is 2.15. The van der Waals surface area contributed by atoms with Crippen molar-refractivity contribution in [3.63, 3.8) is 0 Å². The van der Waals surface area contributed by atoms with Gasteiger partial charge in [0.25, 0.3) is 11.5 Å². The van der Waals surface area contributed by atoms with Gasteiger partial charge in [0.05, 0.1) is 5.39 Å². The third kappa shape index (κ3) is 2.01. The summed E-state index contributed by atoms with van der Waals surface area (Å²) in [6, 6.07) is 1.93. The average Bonchev–Trinajstić information content (AvgIpc) is 3.07. The number of hydrogen-bond donors (Lipinski definition) is 1. The summed E-state index contributed by atoms with van der Waals surface area (Å²) in [4.78, 5) is 19.2. The van der Waals surface area contributed by atoms with Crippen LogP contribution in [0.5, 0.6) is 0 Å². The third-order valence-electron chi connectivity index (χ3n) is 3.04. The van der Waals surface area contributed by atoms with Crippen LogP contribution in [0, 0.1) is 0 Å². The normalized spacial score (nSPS) is 11.3. The maximum absolute atomic E-state index is 12.6. The summed E-state index contributed by atoms with van der Waals surface area (Å²) < 4.78 is 1.45. The van der Waals surface area contributed by atoms with Gasteiger partial charge < -0.3 is 0 Å². The summed E-state index contributed by atoms with van der Waals surface area (Å²) >= 11 is 1.59. The molecule has 0 amide bonds. The van der Waals surface area contributed by atoms with Crippen LogP contribution in [-0.4, -0.2) is 30.2 Å². The molecule has 3 aromatic rings. The van der Waals surface area contributed by atoms with Crippen LogP contribution in [0.2, 0.25) is 0 Å². The second kappa shape index (κ2) is 5.12. The molecule has 8 heteroatoms. The first kappa shape index (κ1) is 12.9. The van der Waals surface area contributed by atoms with Crippen LogP contribution in [0.25, 0.3) is 16.2 Å².